The number of carbonyl (C=O) groups excluding carboxylic acids is 1. The topological polar surface area (TPSA) is 85.9 Å². The minimum absolute atomic E-state index is 0.147. The minimum atomic E-state index is -0.452. The van der Waals surface area contributed by atoms with Crippen molar-refractivity contribution in [3.8, 4) is 0 Å². The van der Waals surface area contributed by atoms with Gasteiger partial charge in [-0.2, -0.15) is 0 Å². The average molecular weight is 335 g/mol. The molecule has 2 aliphatic heterocycles. The maximum atomic E-state index is 12.8. The lowest BCUT2D eigenvalue weighted by Crippen LogP contribution is -2.74. The summed E-state index contributed by atoms with van der Waals surface area (Å²) in [5.41, 5.74) is -0.735. The van der Waals surface area contributed by atoms with Crippen LogP contribution in [0.3, 0.4) is 0 Å². The molecule has 24 heavy (non-hydrogen) atoms. The monoisotopic (exact) mass is 335 g/mol. The Hall–Kier alpha value is -1.70. The maximum Gasteiger partial charge on any atom is 0.254 e. The molecule has 1 spiro atoms. The molecular formula is C17H25N3O4. The third kappa shape index (κ3) is 3.53. The SMILES string of the molecule is CC(O)CN1CC2(C1)CN(C(=O)c1cc[nH]c(=O)c1)CC(C)(C)O2. The molecule has 2 saturated heterocycles. The van der Waals surface area contributed by atoms with Crippen LogP contribution in [0.5, 0.6) is 0 Å². The van der Waals surface area contributed by atoms with Crippen LogP contribution in [0.15, 0.2) is 23.1 Å². The van der Waals surface area contributed by atoms with Crippen molar-refractivity contribution in [2.45, 2.75) is 38.1 Å². The second-order valence-electron chi connectivity index (χ2n) is 7.67. The smallest absolute Gasteiger partial charge is 0.254 e. The Morgan fingerprint density at radius 2 is 2.08 bits per heavy atom. The predicted molar refractivity (Wildman–Crippen MR) is 89.0 cm³/mol. The number of pyridine rings is 1. The van der Waals surface area contributed by atoms with E-state index in [0.717, 1.165) is 0 Å². The Kier molecular flexibility index (Phi) is 4.27. The van der Waals surface area contributed by atoms with E-state index in [1.165, 1.54) is 12.3 Å². The third-order valence-electron chi connectivity index (χ3n) is 4.40. The number of aromatic amines is 1. The highest BCUT2D eigenvalue weighted by atomic mass is 16.5. The number of H-pyrrole nitrogens is 1. The molecule has 1 amide bonds. The lowest BCUT2D eigenvalue weighted by Gasteiger charge is -2.58. The molecule has 1 aromatic rings. The second-order valence-corrected chi connectivity index (χ2v) is 7.67. The molecule has 3 heterocycles. The quantitative estimate of drug-likeness (QED) is 0.816. The highest BCUT2D eigenvalue weighted by Gasteiger charge is 2.52. The summed E-state index contributed by atoms with van der Waals surface area (Å²) in [5.74, 6) is -0.147. The first-order valence-corrected chi connectivity index (χ1v) is 8.27. The molecule has 2 N–H and O–H groups in total. The third-order valence-corrected chi connectivity index (χ3v) is 4.40. The van der Waals surface area contributed by atoms with Gasteiger partial charge in [-0.25, -0.2) is 0 Å². The van der Waals surface area contributed by atoms with E-state index in [1.54, 1.807) is 17.9 Å². The Morgan fingerprint density at radius 3 is 2.71 bits per heavy atom. The van der Waals surface area contributed by atoms with E-state index in [9.17, 15) is 14.7 Å². The summed E-state index contributed by atoms with van der Waals surface area (Å²) in [4.78, 5) is 30.7. The number of morpholine rings is 1. The number of carbonyl (C=O) groups is 1. The van der Waals surface area contributed by atoms with E-state index in [0.29, 0.717) is 38.3 Å². The van der Waals surface area contributed by atoms with Crippen molar-refractivity contribution in [1.29, 1.82) is 0 Å². The fourth-order valence-electron chi connectivity index (χ4n) is 3.85. The number of β-amino-alcohol motifs (C(OH)–C–C–N with tert-alkyl or cyclic N) is 1. The van der Waals surface area contributed by atoms with Gasteiger partial charge in [0, 0.05) is 44.0 Å². The number of rotatable bonds is 3. The summed E-state index contributed by atoms with van der Waals surface area (Å²) in [6.07, 6.45) is 1.11. The van der Waals surface area contributed by atoms with Crippen LogP contribution in [-0.2, 0) is 4.74 Å². The summed E-state index contributed by atoms with van der Waals surface area (Å²) in [6.45, 7) is 8.69. The van der Waals surface area contributed by atoms with E-state index in [4.69, 9.17) is 4.74 Å². The number of aliphatic hydroxyl groups excluding tert-OH is 1. The molecule has 1 atom stereocenters. The molecular weight excluding hydrogens is 310 g/mol. The molecule has 0 aliphatic carbocycles. The van der Waals surface area contributed by atoms with Crippen LogP contribution in [0, 0.1) is 0 Å². The molecule has 3 rings (SSSR count). The normalized spacial score (nSPS) is 23.8. The Balaban J connectivity index is 1.75. The van der Waals surface area contributed by atoms with E-state index < -0.39 is 11.2 Å². The van der Waals surface area contributed by atoms with Crippen LogP contribution in [0.25, 0.3) is 0 Å². The number of nitrogens with zero attached hydrogens (tertiary/aromatic N) is 2. The van der Waals surface area contributed by atoms with Gasteiger partial charge >= 0.3 is 0 Å². The fraction of sp³-hybridized carbons (Fsp3) is 0.647. The van der Waals surface area contributed by atoms with Gasteiger partial charge in [-0.1, -0.05) is 0 Å². The summed E-state index contributed by atoms with van der Waals surface area (Å²) in [7, 11) is 0. The first-order chi connectivity index (χ1) is 11.2. The molecule has 0 aromatic carbocycles. The lowest BCUT2D eigenvalue weighted by molar-refractivity contribution is -0.242. The van der Waals surface area contributed by atoms with Crippen molar-refractivity contribution in [3.05, 3.63) is 34.2 Å². The number of ether oxygens (including phenoxy) is 1. The van der Waals surface area contributed by atoms with Crippen molar-refractivity contribution in [2.24, 2.45) is 0 Å². The van der Waals surface area contributed by atoms with E-state index in [1.807, 2.05) is 13.8 Å². The Bertz CT molecular complexity index is 676. The number of nitrogens with one attached hydrogen (secondary N) is 1. The molecule has 2 fully saturated rings. The predicted octanol–water partition coefficient (Wildman–Crippen LogP) is 0.0611. The van der Waals surface area contributed by atoms with Gasteiger partial charge in [-0.05, 0) is 26.8 Å². The van der Waals surface area contributed by atoms with Crippen molar-refractivity contribution in [2.75, 3.05) is 32.7 Å². The molecule has 0 radical (unpaired) electrons. The fourth-order valence-corrected chi connectivity index (χ4v) is 3.85. The van der Waals surface area contributed by atoms with E-state index in [-0.39, 0.29) is 17.6 Å². The molecule has 2 aliphatic rings. The van der Waals surface area contributed by atoms with Gasteiger partial charge in [0.1, 0.15) is 5.60 Å². The largest absolute Gasteiger partial charge is 0.392 e. The van der Waals surface area contributed by atoms with Crippen molar-refractivity contribution >= 4 is 5.91 Å². The van der Waals surface area contributed by atoms with Gasteiger partial charge in [0.05, 0.1) is 18.2 Å². The Labute approximate surface area is 141 Å². The number of amides is 1. The second kappa shape index (κ2) is 5.98. The van der Waals surface area contributed by atoms with Crippen molar-refractivity contribution in [3.63, 3.8) is 0 Å². The van der Waals surface area contributed by atoms with Gasteiger partial charge in [0.15, 0.2) is 0 Å². The summed E-state index contributed by atoms with van der Waals surface area (Å²) >= 11 is 0. The molecule has 1 unspecified atom stereocenters. The van der Waals surface area contributed by atoms with Gasteiger partial charge in [-0.15, -0.1) is 0 Å². The molecule has 0 saturated carbocycles. The lowest BCUT2D eigenvalue weighted by atomic mass is 9.88. The average Bonchev–Trinajstić information content (AvgIpc) is 2.42. The molecule has 132 valence electrons. The molecule has 7 heteroatoms. The maximum absolute atomic E-state index is 12.8. The van der Waals surface area contributed by atoms with Gasteiger partial charge in [-0.3, -0.25) is 14.5 Å². The number of hydrogen-bond acceptors (Lipinski definition) is 5. The van der Waals surface area contributed by atoms with Crippen LogP contribution in [0.2, 0.25) is 0 Å². The van der Waals surface area contributed by atoms with E-state index in [2.05, 4.69) is 9.88 Å². The molecule has 7 nitrogen and oxygen atoms in total. The zero-order valence-electron chi connectivity index (χ0n) is 14.4. The van der Waals surface area contributed by atoms with Crippen LogP contribution in [-0.4, -0.2) is 75.8 Å². The standard InChI is InChI=1S/C17H25N3O4/c1-12(21)7-19-9-17(10-19)11-20(8-16(2,3)24-17)15(23)13-4-5-18-14(22)6-13/h4-6,12,21H,7-11H2,1-3H3,(H,18,22). The first-order valence-electron chi connectivity index (χ1n) is 8.27. The molecule has 1 aromatic heterocycles. The number of hydrogen-bond donors (Lipinski definition) is 2. The summed E-state index contributed by atoms with van der Waals surface area (Å²) in [6, 6.07) is 2.96. The van der Waals surface area contributed by atoms with Crippen LogP contribution < -0.4 is 5.56 Å². The Morgan fingerprint density at radius 1 is 1.38 bits per heavy atom. The van der Waals surface area contributed by atoms with Gasteiger partial charge in [0.2, 0.25) is 5.56 Å². The number of aliphatic hydroxyl groups is 1. The van der Waals surface area contributed by atoms with E-state index >= 15 is 0 Å². The first kappa shape index (κ1) is 17.1. The zero-order valence-corrected chi connectivity index (χ0v) is 14.4. The van der Waals surface area contributed by atoms with Crippen LogP contribution >= 0.6 is 0 Å². The highest BCUT2D eigenvalue weighted by molar-refractivity contribution is 5.94. The molecule has 0 bridgehead atoms. The van der Waals surface area contributed by atoms with Gasteiger partial charge < -0.3 is 19.7 Å². The summed E-state index contributed by atoms with van der Waals surface area (Å²) < 4.78 is 6.26. The van der Waals surface area contributed by atoms with Crippen LogP contribution in [0.1, 0.15) is 31.1 Å². The number of likely N-dealkylation sites (tertiary alicyclic amines) is 1. The summed E-state index contributed by atoms with van der Waals surface area (Å²) in [5, 5.41) is 9.51. The highest BCUT2D eigenvalue weighted by Crippen LogP contribution is 2.36. The minimum Gasteiger partial charge on any atom is -0.392 e. The van der Waals surface area contributed by atoms with Gasteiger partial charge in [0.25, 0.3) is 5.91 Å². The van der Waals surface area contributed by atoms with Crippen molar-refractivity contribution in [1.82, 2.24) is 14.8 Å². The zero-order chi connectivity index (χ0) is 17.5. The van der Waals surface area contributed by atoms with Crippen LogP contribution in [0.4, 0.5) is 0 Å². The van der Waals surface area contributed by atoms with Crippen molar-refractivity contribution < 1.29 is 14.6 Å². The number of aromatic nitrogens is 1.